The Morgan fingerprint density at radius 2 is 1.84 bits per heavy atom. The summed E-state index contributed by atoms with van der Waals surface area (Å²) in [7, 11) is 0. The molecule has 106 valence electrons. The molecular formula is C13H20N2O4. The fourth-order valence-electron chi connectivity index (χ4n) is 2.14. The second-order valence-electron chi connectivity index (χ2n) is 4.93. The maximum Gasteiger partial charge on any atom is 0.157 e. The summed E-state index contributed by atoms with van der Waals surface area (Å²) in [5.41, 5.74) is 9.22. The number of nitrogens with one attached hydrogen (secondary N) is 1. The van der Waals surface area contributed by atoms with E-state index in [2.05, 4.69) is 5.32 Å². The number of nitrogens with two attached hydrogens (primary N) is 1. The first-order chi connectivity index (χ1) is 8.93. The molecule has 0 aliphatic carbocycles. The number of anilines is 2. The van der Waals surface area contributed by atoms with Crippen molar-refractivity contribution in [3.05, 3.63) is 23.3 Å². The quantitative estimate of drug-likeness (QED) is 0.483. The minimum absolute atomic E-state index is 0.348. The van der Waals surface area contributed by atoms with E-state index in [0.29, 0.717) is 11.4 Å². The number of hydrogen-bond donors (Lipinski definition) is 5. The van der Waals surface area contributed by atoms with Gasteiger partial charge in [-0.2, -0.15) is 0 Å². The minimum atomic E-state index is -1.12. The minimum Gasteiger partial charge on any atom is -0.397 e. The topological polar surface area (TPSA) is 108 Å². The molecule has 4 atom stereocenters. The summed E-state index contributed by atoms with van der Waals surface area (Å²) in [6.45, 7) is 3.57. The Balaban J connectivity index is 2.16. The Bertz CT molecular complexity index is 466. The highest BCUT2D eigenvalue weighted by atomic mass is 16.6. The van der Waals surface area contributed by atoms with Crippen molar-refractivity contribution in [2.45, 2.75) is 38.4 Å². The Kier molecular flexibility index (Phi) is 3.96. The summed E-state index contributed by atoms with van der Waals surface area (Å²) < 4.78 is 5.35. The van der Waals surface area contributed by atoms with Crippen LogP contribution in [0.15, 0.2) is 12.1 Å². The van der Waals surface area contributed by atoms with Crippen LogP contribution in [0.25, 0.3) is 0 Å². The SMILES string of the molecule is Cc1cc(N)c(N[C@H]2O[C@@H](CO)[C@@H](O)[C@H]2O)cc1C. The predicted molar refractivity (Wildman–Crippen MR) is 71.7 cm³/mol. The molecule has 1 aliphatic rings. The first-order valence-electron chi connectivity index (χ1n) is 6.19. The Morgan fingerprint density at radius 3 is 2.42 bits per heavy atom. The lowest BCUT2D eigenvalue weighted by Gasteiger charge is -2.20. The standard InChI is InChI=1S/C13H20N2O4/c1-6-3-8(14)9(4-7(6)2)15-13-12(18)11(17)10(5-16)19-13/h3-4,10-13,15-18H,5,14H2,1-2H3/t10-,11+,12+,13-/m0/s1. The van der Waals surface area contributed by atoms with Gasteiger partial charge in [0.1, 0.15) is 18.3 Å². The van der Waals surface area contributed by atoms with Crippen LogP contribution in [0.3, 0.4) is 0 Å². The van der Waals surface area contributed by atoms with Crippen LogP contribution in [0.4, 0.5) is 11.4 Å². The molecule has 1 aromatic rings. The molecular weight excluding hydrogens is 248 g/mol. The van der Waals surface area contributed by atoms with Gasteiger partial charge in [0.25, 0.3) is 0 Å². The molecule has 6 N–H and O–H groups in total. The van der Waals surface area contributed by atoms with Crippen LogP contribution in [-0.4, -0.2) is 46.5 Å². The summed E-state index contributed by atoms with van der Waals surface area (Å²) in [5.74, 6) is 0. The van der Waals surface area contributed by atoms with E-state index in [4.69, 9.17) is 15.6 Å². The van der Waals surface area contributed by atoms with Gasteiger partial charge in [0.2, 0.25) is 0 Å². The van der Waals surface area contributed by atoms with Gasteiger partial charge in [-0.1, -0.05) is 0 Å². The van der Waals surface area contributed by atoms with E-state index < -0.39 is 24.5 Å². The summed E-state index contributed by atoms with van der Waals surface area (Å²) in [6, 6.07) is 3.69. The zero-order chi connectivity index (χ0) is 14.2. The highest BCUT2D eigenvalue weighted by molar-refractivity contribution is 5.68. The first-order valence-corrected chi connectivity index (χ1v) is 6.19. The number of nitrogen functional groups attached to an aromatic ring is 1. The molecule has 19 heavy (non-hydrogen) atoms. The molecule has 1 aromatic carbocycles. The van der Waals surface area contributed by atoms with E-state index in [9.17, 15) is 10.2 Å². The maximum absolute atomic E-state index is 9.85. The molecule has 1 fully saturated rings. The lowest BCUT2D eigenvalue weighted by Crippen LogP contribution is -2.36. The predicted octanol–water partition coefficient (Wildman–Crippen LogP) is -0.263. The van der Waals surface area contributed by atoms with E-state index in [-0.39, 0.29) is 6.61 Å². The van der Waals surface area contributed by atoms with E-state index >= 15 is 0 Å². The highest BCUT2D eigenvalue weighted by Gasteiger charge is 2.42. The Hall–Kier alpha value is -1.34. The van der Waals surface area contributed by atoms with Gasteiger partial charge in [-0.3, -0.25) is 0 Å². The largest absolute Gasteiger partial charge is 0.397 e. The number of aliphatic hydroxyl groups is 3. The van der Waals surface area contributed by atoms with Gasteiger partial charge in [-0.25, -0.2) is 0 Å². The average molecular weight is 268 g/mol. The number of aliphatic hydroxyl groups excluding tert-OH is 3. The molecule has 0 saturated carbocycles. The van der Waals surface area contributed by atoms with Crippen LogP contribution < -0.4 is 11.1 Å². The van der Waals surface area contributed by atoms with Crippen molar-refractivity contribution in [2.24, 2.45) is 0 Å². The average Bonchev–Trinajstić information content (AvgIpc) is 2.63. The summed E-state index contributed by atoms with van der Waals surface area (Å²) in [5, 5.41) is 31.5. The number of ether oxygens (including phenoxy) is 1. The van der Waals surface area contributed by atoms with Gasteiger partial charge in [-0.05, 0) is 37.1 Å². The van der Waals surface area contributed by atoms with Gasteiger partial charge < -0.3 is 31.1 Å². The molecule has 6 heteroatoms. The van der Waals surface area contributed by atoms with Gasteiger partial charge in [0, 0.05) is 0 Å². The summed E-state index contributed by atoms with van der Waals surface area (Å²) in [4.78, 5) is 0. The zero-order valence-corrected chi connectivity index (χ0v) is 11.0. The van der Waals surface area contributed by atoms with Crippen LogP contribution in [0.5, 0.6) is 0 Å². The van der Waals surface area contributed by atoms with Gasteiger partial charge in [-0.15, -0.1) is 0 Å². The maximum atomic E-state index is 9.85. The van der Waals surface area contributed by atoms with Gasteiger partial charge >= 0.3 is 0 Å². The third-order valence-electron chi connectivity index (χ3n) is 3.51. The van der Waals surface area contributed by atoms with Gasteiger partial charge in [0.15, 0.2) is 6.23 Å². The van der Waals surface area contributed by atoms with Crippen molar-refractivity contribution in [3.8, 4) is 0 Å². The van der Waals surface area contributed by atoms with Crippen molar-refractivity contribution >= 4 is 11.4 Å². The van der Waals surface area contributed by atoms with Crippen LogP contribution in [-0.2, 0) is 4.74 Å². The highest BCUT2D eigenvalue weighted by Crippen LogP contribution is 2.28. The van der Waals surface area contributed by atoms with Crippen molar-refractivity contribution < 1.29 is 20.1 Å². The summed E-state index contributed by atoms with van der Waals surface area (Å²) in [6.07, 6.45) is -3.81. The fraction of sp³-hybridized carbons (Fsp3) is 0.538. The third kappa shape index (κ3) is 2.66. The van der Waals surface area contributed by atoms with Crippen LogP contribution in [0.2, 0.25) is 0 Å². The molecule has 6 nitrogen and oxygen atoms in total. The van der Waals surface area contributed by atoms with E-state index in [1.165, 1.54) is 0 Å². The monoisotopic (exact) mass is 268 g/mol. The Morgan fingerprint density at radius 1 is 1.21 bits per heavy atom. The molecule has 1 aliphatic heterocycles. The first kappa shape index (κ1) is 14.1. The molecule has 0 aromatic heterocycles. The number of hydrogen-bond acceptors (Lipinski definition) is 6. The molecule has 0 amide bonds. The third-order valence-corrected chi connectivity index (χ3v) is 3.51. The molecule has 0 radical (unpaired) electrons. The molecule has 2 rings (SSSR count). The van der Waals surface area contributed by atoms with E-state index in [0.717, 1.165) is 11.1 Å². The number of rotatable bonds is 3. The Labute approximate surface area is 111 Å². The smallest absolute Gasteiger partial charge is 0.157 e. The second kappa shape index (κ2) is 5.34. The lowest BCUT2D eigenvalue weighted by atomic mass is 10.1. The van der Waals surface area contributed by atoms with Crippen molar-refractivity contribution in [2.75, 3.05) is 17.7 Å². The molecule has 0 bridgehead atoms. The lowest BCUT2D eigenvalue weighted by molar-refractivity contribution is -0.0153. The summed E-state index contributed by atoms with van der Waals surface area (Å²) >= 11 is 0. The van der Waals surface area contributed by atoms with E-state index in [1.54, 1.807) is 0 Å². The molecule has 0 spiro atoms. The number of benzene rings is 1. The fourth-order valence-corrected chi connectivity index (χ4v) is 2.14. The van der Waals surface area contributed by atoms with Crippen LogP contribution >= 0.6 is 0 Å². The number of aryl methyl sites for hydroxylation is 2. The van der Waals surface area contributed by atoms with Crippen molar-refractivity contribution in [3.63, 3.8) is 0 Å². The van der Waals surface area contributed by atoms with Crippen LogP contribution in [0.1, 0.15) is 11.1 Å². The molecule has 0 unspecified atom stereocenters. The molecule has 1 heterocycles. The van der Waals surface area contributed by atoms with Crippen molar-refractivity contribution in [1.82, 2.24) is 0 Å². The van der Waals surface area contributed by atoms with Gasteiger partial charge in [0.05, 0.1) is 18.0 Å². The van der Waals surface area contributed by atoms with E-state index in [1.807, 2.05) is 26.0 Å². The second-order valence-corrected chi connectivity index (χ2v) is 4.93. The molecule has 1 saturated heterocycles. The van der Waals surface area contributed by atoms with Crippen LogP contribution in [0, 0.1) is 13.8 Å². The normalized spacial score (nSPS) is 30.6. The van der Waals surface area contributed by atoms with Crippen molar-refractivity contribution in [1.29, 1.82) is 0 Å². The zero-order valence-electron chi connectivity index (χ0n) is 11.0.